The average Bonchev–Trinajstić information content (AvgIpc) is 1.58. The number of nitrogens with one attached hydrogen (secondary N) is 6. The first-order chi connectivity index (χ1) is 50.9. The summed E-state index contributed by atoms with van der Waals surface area (Å²) in [6.45, 7) is 4.48. The van der Waals surface area contributed by atoms with Crippen LogP contribution >= 0.6 is 23.7 Å². The number of aromatic nitrogens is 2. The van der Waals surface area contributed by atoms with Crippen molar-refractivity contribution < 1.29 is 117 Å². The maximum absolute atomic E-state index is 15.2. The Morgan fingerprint density at radius 3 is 2.08 bits per heavy atom. The highest BCUT2D eigenvalue weighted by atomic mass is 32.2. The molecule has 3 aliphatic heterocycles. The van der Waals surface area contributed by atoms with Crippen LogP contribution in [0.3, 0.4) is 0 Å². The fourth-order valence-corrected chi connectivity index (χ4v) is 13.5. The fourth-order valence-electron chi connectivity index (χ4n) is 12.4. The minimum Gasteiger partial charge on any atom is -0.504 e. The van der Waals surface area contributed by atoms with E-state index in [4.69, 9.17) is 23.7 Å². The number of hydrogen-bond acceptors (Lipinski definition) is 29. The van der Waals surface area contributed by atoms with E-state index in [0.29, 0.717) is 40.8 Å². The highest BCUT2D eigenvalue weighted by molar-refractivity contribution is 7.90. The second-order valence-electron chi connectivity index (χ2n) is 26.0. The van der Waals surface area contributed by atoms with Gasteiger partial charge in [-0.25, -0.2) is 5.26 Å². The molecule has 37 heteroatoms. The molecule has 4 heterocycles. The smallest absolute Gasteiger partial charge is 0.261 e. The first kappa shape index (κ1) is 85.0. The maximum atomic E-state index is 15.2. The van der Waals surface area contributed by atoms with Crippen molar-refractivity contribution in [1.29, 1.82) is 0 Å². The summed E-state index contributed by atoms with van der Waals surface area (Å²) < 4.78 is 25.5. The van der Waals surface area contributed by atoms with Crippen LogP contribution in [-0.2, 0) is 58.8 Å². The number of phenols is 1. The molecule has 0 bridgehead atoms. The monoisotopic (exact) mass is 1530 g/mol. The maximum Gasteiger partial charge on any atom is 0.261 e. The molecule has 106 heavy (non-hydrogen) atoms. The van der Waals surface area contributed by atoms with Gasteiger partial charge in [0.15, 0.2) is 18.1 Å². The Balaban J connectivity index is 1.15. The number of β-amino-alcohol motifs (C(OH)–C–C–N with tert-alkyl or cyclic N) is 1. The Morgan fingerprint density at radius 2 is 1.42 bits per heavy atom. The van der Waals surface area contributed by atoms with Gasteiger partial charge in [0.2, 0.25) is 35.4 Å². The van der Waals surface area contributed by atoms with Crippen LogP contribution in [0.1, 0.15) is 94.0 Å². The van der Waals surface area contributed by atoms with Crippen LogP contribution in [0.4, 0.5) is 0 Å². The third kappa shape index (κ3) is 24.4. The highest BCUT2D eigenvalue weighted by Crippen LogP contribution is 2.34. The van der Waals surface area contributed by atoms with Crippen LogP contribution in [0, 0.1) is 5.92 Å². The van der Waals surface area contributed by atoms with Gasteiger partial charge in [-0.1, -0.05) is 71.7 Å². The zero-order valence-corrected chi connectivity index (χ0v) is 60.6. The summed E-state index contributed by atoms with van der Waals surface area (Å²) in [6.07, 6.45) is -5.70. The number of benzene rings is 3. The number of methoxy groups -OCH3 is 1. The van der Waals surface area contributed by atoms with Gasteiger partial charge in [-0.2, -0.15) is 0 Å². The van der Waals surface area contributed by atoms with Crippen molar-refractivity contribution in [2.45, 2.75) is 163 Å². The van der Waals surface area contributed by atoms with E-state index in [1.165, 1.54) is 47.4 Å². The Morgan fingerprint density at radius 1 is 0.764 bits per heavy atom. The Labute approximate surface area is 620 Å². The molecule has 0 radical (unpaired) electrons. The summed E-state index contributed by atoms with van der Waals surface area (Å²) in [7, 11) is 1.69. The lowest BCUT2D eigenvalue weighted by Crippen LogP contribution is -2.64. The molecule has 35 nitrogen and oxygen atoms in total. The van der Waals surface area contributed by atoms with Gasteiger partial charge in [-0.05, 0) is 106 Å². The van der Waals surface area contributed by atoms with E-state index in [9.17, 15) is 74.7 Å². The molecule has 1 aromatic heterocycles. The molecule has 13 atom stereocenters. The Kier molecular flexibility index (Phi) is 34.4. The zero-order valence-electron chi connectivity index (χ0n) is 59.0. The van der Waals surface area contributed by atoms with E-state index in [2.05, 4.69) is 58.0 Å². The van der Waals surface area contributed by atoms with Crippen LogP contribution in [0.5, 0.6) is 17.2 Å². The molecule has 3 aromatic carbocycles. The summed E-state index contributed by atoms with van der Waals surface area (Å²) >= 11 is 1.35. The van der Waals surface area contributed by atoms with Crippen LogP contribution < -0.4 is 40.8 Å². The van der Waals surface area contributed by atoms with Gasteiger partial charge in [0.05, 0.1) is 68.7 Å². The van der Waals surface area contributed by atoms with Gasteiger partial charge in [-0.15, -0.1) is 10.2 Å². The third-order valence-corrected chi connectivity index (χ3v) is 19.6. The molecule has 3 aliphatic rings. The standard InChI is InChI=1S/C69H97N11O24S2/c1-5-100-38-55(89)78(45(36-81)37-82)26-10-9-24-70-25-23-52(87)58-69(97)80-34-39(2)60(90)59(80)65(95)71-33-46(84)31-49(72-61(91)42-14-16-43(17-15-42)66-76-77-67(105-66)44-18-20-48(21-19-44)101-28-12-8-6-7-11-27-99-4)62(92)73-56(40(3)83)68(96)79-35-47(85)32-50(79)63(93)74-57(64(94)75-58)53(88)29-41-13-22-51(86)54(30-41)102-106-104-103-98/h5,13-22,30,39-40,45-47,49-50,52-53,56-60,70,81-88,90,98H,1,6-12,23-29,31-38H2,2-4H3,(H,71,95)(H,72,91)(H,73,92)(H,74,93)(H,75,94)/t39-,40+,46+,47+,49+,50+,52-,53-,56+,57+,58+,59+,60+/m1/s1. The predicted molar refractivity (Wildman–Crippen MR) is 380 cm³/mol. The number of nitrogens with zero attached hydrogens (tertiary/aromatic N) is 5. The number of phenolic OH excluding ortho intramolecular Hbond substituents is 1. The van der Waals surface area contributed by atoms with E-state index < -0.39 is 190 Å². The van der Waals surface area contributed by atoms with Gasteiger partial charge in [0, 0.05) is 81.8 Å². The number of ether oxygens (including phenoxy) is 3. The number of carbonyl (C=O) groups is 8. The third-order valence-electron chi connectivity index (χ3n) is 18.2. The largest absolute Gasteiger partial charge is 0.504 e. The van der Waals surface area contributed by atoms with Crippen molar-refractivity contribution in [3.8, 4) is 38.4 Å². The molecular weight excluding hydrogens is 1430 g/mol. The van der Waals surface area contributed by atoms with E-state index >= 15 is 9.59 Å². The quantitative estimate of drug-likeness (QED) is 0.00851. The Bertz CT molecular complexity index is 3510. The Hall–Kier alpha value is -8.25. The number of aromatic hydroxyl groups is 1. The number of aliphatic hydroxyl groups excluding tert-OH is 8. The van der Waals surface area contributed by atoms with Crippen LogP contribution in [0.2, 0.25) is 0 Å². The minimum atomic E-state index is -2.17. The number of carbonyl (C=O) groups excluding carboxylic acids is 8. The van der Waals surface area contributed by atoms with Gasteiger partial charge in [0.25, 0.3) is 24.1 Å². The molecule has 0 unspecified atom stereocenters. The first-order valence-corrected chi connectivity index (χ1v) is 36.3. The van der Waals surface area contributed by atoms with Gasteiger partial charge in [0.1, 0.15) is 52.0 Å². The molecule has 584 valence electrons. The molecule has 7 rings (SSSR count). The van der Waals surface area contributed by atoms with Gasteiger partial charge in [-0.3, -0.25) is 38.4 Å². The lowest BCUT2D eigenvalue weighted by Gasteiger charge is -2.34. The lowest BCUT2D eigenvalue weighted by molar-refractivity contribution is -0.433. The van der Waals surface area contributed by atoms with Crippen molar-refractivity contribution in [2.75, 3.05) is 79.4 Å². The number of hydrogen-bond donors (Lipinski definition) is 16. The predicted octanol–water partition coefficient (Wildman–Crippen LogP) is -1.03. The minimum absolute atomic E-state index is 0.000108. The second kappa shape index (κ2) is 42.9. The number of aliphatic hydroxyl groups is 8. The van der Waals surface area contributed by atoms with Crippen LogP contribution in [0.15, 0.2) is 79.6 Å². The summed E-state index contributed by atoms with van der Waals surface area (Å²) in [5.41, 5.74) is 1.46. The van der Waals surface area contributed by atoms with Crippen molar-refractivity contribution >= 4 is 70.9 Å². The van der Waals surface area contributed by atoms with Crippen LogP contribution in [-0.4, -0.2) is 282 Å². The topological polar surface area (TPSA) is 502 Å². The molecular formula is C69H97N11O24S2. The van der Waals surface area contributed by atoms with Crippen molar-refractivity contribution in [2.24, 2.45) is 5.92 Å². The molecule has 16 N–H and O–H groups in total. The number of amides is 8. The second-order valence-corrected chi connectivity index (χ2v) is 27.5. The van der Waals surface area contributed by atoms with Crippen molar-refractivity contribution in [3.63, 3.8) is 0 Å². The highest BCUT2D eigenvalue weighted by Gasteiger charge is 2.50. The molecule has 0 aliphatic carbocycles. The molecule has 3 fully saturated rings. The van der Waals surface area contributed by atoms with Crippen molar-refractivity contribution in [3.05, 3.63) is 90.7 Å². The number of rotatable bonds is 36. The summed E-state index contributed by atoms with van der Waals surface area (Å²) in [5.74, 6) is -9.48. The number of fused-ring (bicyclic) bond motifs is 2. The van der Waals surface area contributed by atoms with Gasteiger partial charge < -0.3 is 111 Å². The SMILES string of the molecule is C=COCC(=O)N(CCCCNCC[C@@H](O)[C@@H]1NC(=O)[C@H]([C@H](O)Cc2ccc(O)c(OSOOO)c2)NC(=O)[C@@H]2C[C@H](O)CN2C(=O)[C@H]([C@H](C)O)NC(=O)[C@@H](NC(=O)c2ccc(-c3nnc(-c4ccc(OCCCCCCCOC)cc4)s3)cc2)C[C@H](O)CNC(=O)[C@@H]2[C@@H](O)[C@H](C)CN2C1=O)C(CO)CO. The average molecular weight is 1530 g/mol. The molecule has 8 amide bonds. The normalized spacial score (nSPS) is 22.9. The number of unbranched alkanes of at least 4 members (excludes halogenated alkanes) is 5. The first-order valence-electron chi connectivity index (χ1n) is 34.8. The lowest BCUT2D eigenvalue weighted by atomic mass is 9.98. The van der Waals surface area contributed by atoms with E-state index in [1.54, 1.807) is 19.2 Å². The molecule has 0 saturated carbocycles. The zero-order chi connectivity index (χ0) is 77.0. The summed E-state index contributed by atoms with van der Waals surface area (Å²) in [5, 5.41) is 138. The van der Waals surface area contributed by atoms with E-state index in [0.717, 1.165) is 73.3 Å². The molecule has 0 spiro atoms. The summed E-state index contributed by atoms with van der Waals surface area (Å²) in [4.78, 5) is 119. The van der Waals surface area contributed by atoms with E-state index in [-0.39, 0.29) is 61.8 Å². The fraction of sp³-hybridized carbons (Fsp3) is 0.565. The van der Waals surface area contributed by atoms with Crippen LogP contribution in [0.25, 0.3) is 21.1 Å². The van der Waals surface area contributed by atoms with Gasteiger partial charge >= 0.3 is 0 Å². The summed E-state index contributed by atoms with van der Waals surface area (Å²) in [6, 6.07) is 4.65. The van der Waals surface area contributed by atoms with E-state index in [1.807, 2.05) is 24.3 Å². The molecule has 3 saturated heterocycles. The van der Waals surface area contributed by atoms with Crippen molar-refractivity contribution in [1.82, 2.24) is 56.8 Å². The molecule has 4 aromatic rings.